The van der Waals surface area contributed by atoms with E-state index in [1.807, 2.05) is 6.92 Å². The first-order chi connectivity index (χ1) is 8.29. The molecule has 0 fully saturated rings. The molecule has 0 unspecified atom stereocenters. The topological polar surface area (TPSA) is 54.9 Å². The molecule has 0 atom stereocenters. The van der Waals surface area contributed by atoms with Crippen molar-refractivity contribution in [3.05, 3.63) is 10.6 Å². The second-order valence-electron chi connectivity index (χ2n) is 3.76. The lowest BCUT2D eigenvalue weighted by Gasteiger charge is -2.03. The zero-order chi connectivity index (χ0) is 12.5. The number of unbranched alkanes of at least 4 members (excludes halogenated alkanes) is 3. The van der Waals surface area contributed by atoms with Gasteiger partial charge >= 0.3 is 0 Å². The van der Waals surface area contributed by atoms with Gasteiger partial charge in [0.05, 0.1) is 5.69 Å². The first kappa shape index (κ1) is 14.8. The average Bonchev–Trinajstić information content (AvgIpc) is 2.81. The molecular weight excluding hydrogens is 349 g/mol. The molecule has 96 valence electrons. The lowest BCUT2D eigenvalue weighted by molar-refractivity contribution is 0.0956. The number of carbonyl (C=O) groups is 1. The first-order valence-electron chi connectivity index (χ1n) is 5.95. The van der Waals surface area contributed by atoms with Crippen LogP contribution in [0.3, 0.4) is 0 Å². The van der Waals surface area contributed by atoms with Crippen LogP contribution in [0.4, 0.5) is 0 Å². The summed E-state index contributed by atoms with van der Waals surface area (Å²) >= 11 is 3.57. The Labute approximate surface area is 120 Å². The number of hydrogen-bond donors (Lipinski definition) is 1. The average molecular weight is 367 g/mol. The van der Waals surface area contributed by atoms with Gasteiger partial charge in [0.1, 0.15) is 4.88 Å². The Balaban J connectivity index is 2.21. The number of alkyl halides is 1. The van der Waals surface area contributed by atoms with Gasteiger partial charge in [-0.15, -0.1) is 5.10 Å². The van der Waals surface area contributed by atoms with Gasteiger partial charge in [-0.3, -0.25) is 4.79 Å². The highest BCUT2D eigenvalue weighted by atomic mass is 127. The van der Waals surface area contributed by atoms with E-state index in [-0.39, 0.29) is 5.91 Å². The third-order valence-electron chi connectivity index (χ3n) is 2.44. The number of carbonyl (C=O) groups excluding carboxylic acids is 1. The van der Waals surface area contributed by atoms with Crippen LogP contribution in [-0.4, -0.2) is 26.5 Å². The number of aryl methyl sites for hydroxylation is 1. The van der Waals surface area contributed by atoms with Crippen LogP contribution in [0.2, 0.25) is 0 Å². The molecule has 0 aromatic carbocycles. The van der Waals surface area contributed by atoms with Crippen molar-refractivity contribution < 1.29 is 4.79 Å². The maximum atomic E-state index is 11.8. The Hall–Kier alpha value is -0.240. The second-order valence-corrected chi connectivity index (χ2v) is 5.59. The molecule has 0 radical (unpaired) electrons. The summed E-state index contributed by atoms with van der Waals surface area (Å²) in [5, 5.41) is 6.86. The van der Waals surface area contributed by atoms with Crippen LogP contribution in [0.1, 0.15) is 48.0 Å². The molecule has 1 N–H and O–H groups in total. The Morgan fingerprint density at radius 3 is 2.82 bits per heavy atom. The van der Waals surface area contributed by atoms with E-state index in [0.29, 0.717) is 4.88 Å². The molecule has 6 heteroatoms. The van der Waals surface area contributed by atoms with Crippen molar-refractivity contribution in [2.24, 2.45) is 0 Å². The van der Waals surface area contributed by atoms with Crippen molar-refractivity contribution in [2.45, 2.75) is 39.0 Å². The predicted molar refractivity (Wildman–Crippen MR) is 79.0 cm³/mol. The molecule has 1 rings (SSSR count). The number of nitrogens with one attached hydrogen (secondary N) is 1. The van der Waals surface area contributed by atoms with Gasteiger partial charge in [-0.2, -0.15) is 0 Å². The highest BCUT2D eigenvalue weighted by Gasteiger charge is 2.13. The minimum atomic E-state index is -0.0225. The van der Waals surface area contributed by atoms with Gasteiger partial charge in [0, 0.05) is 6.54 Å². The van der Waals surface area contributed by atoms with Crippen LogP contribution < -0.4 is 5.32 Å². The van der Waals surface area contributed by atoms with Gasteiger partial charge in [0.2, 0.25) is 0 Å². The largest absolute Gasteiger partial charge is 0.351 e. The number of rotatable bonds is 8. The molecule has 0 bridgehead atoms. The van der Waals surface area contributed by atoms with Crippen LogP contribution in [0.5, 0.6) is 0 Å². The Kier molecular flexibility index (Phi) is 7.67. The molecule has 0 spiro atoms. The second kappa shape index (κ2) is 8.79. The van der Waals surface area contributed by atoms with E-state index in [9.17, 15) is 4.79 Å². The number of hydrogen-bond acceptors (Lipinski definition) is 4. The van der Waals surface area contributed by atoms with Crippen molar-refractivity contribution in [3.8, 4) is 0 Å². The molecule has 17 heavy (non-hydrogen) atoms. The standard InChI is InChI=1S/C11H18IN3OS/c1-2-9-10(17-15-14-9)11(16)13-8-6-4-3-5-7-12/h2-8H2,1H3,(H,13,16). The molecule has 1 aromatic heterocycles. The monoisotopic (exact) mass is 367 g/mol. The quantitative estimate of drug-likeness (QED) is 0.437. The van der Waals surface area contributed by atoms with Crippen molar-refractivity contribution >= 4 is 40.0 Å². The lowest BCUT2D eigenvalue weighted by Crippen LogP contribution is -2.24. The number of aromatic nitrogens is 2. The van der Waals surface area contributed by atoms with Gasteiger partial charge in [-0.25, -0.2) is 0 Å². The number of nitrogens with zero attached hydrogens (tertiary/aromatic N) is 2. The van der Waals surface area contributed by atoms with Crippen molar-refractivity contribution in [1.82, 2.24) is 14.9 Å². The fourth-order valence-electron chi connectivity index (χ4n) is 1.47. The van der Waals surface area contributed by atoms with E-state index < -0.39 is 0 Å². The molecule has 1 heterocycles. The summed E-state index contributed by atoms with van der Waals surface area (Å²) in [7, 11) is 0. The van der Waals surface area contributed by atoms with Gasteiger partial charge in [-0.1, -0.05) is 46.8 Å². The number of halogens is 1. The molecule has 0 saturated heterocycles. The maximum absolute atomic E-state index is 11.8. The van der Waals surface area contributed by atoms with Gasteiger partial charge in [0.15, 0.2) is 0 Å². The highest BCUT2D eigenvalue weighted by molar-refractivity contribution is 14.1. The van der Waals surface area contributed by atoms with E-state index in [1.54, 1.807) is 0 Å². The molecule has 0 aliphatic rings. The normalized spacial score (nSPS) is 10.5. The maximum Gasteiger partial charge on any atom is 0.264 e. The van der Waals surface area contributed by atoms with E-state index in [1.165, 1.54) is 35.2 Å². The van der Waals surface area contributed by atoms with E-state index in [4.69, 9.17) is 0 Å². The van der Waals surface area contributed by atoms with Crippen LogP contribution in [0.25, 0.3) is 0 Å². The molecule has 1 amide bonds. The highest BCUT2D eigenvalue weighted by Crippen LogP contribution is 2.10. The van der Waals surface area contributed by atoms with Gasteiger partial charge < -0.3 is 5.32 Å². The third kappa shape index (κ3) is 5.29. The SMILES string of the molecule is CCc1nnsc1C(=O)NCCCCCCI. The lowest BCUT2D eigenvalue weighted by atomic mass is 10.2. The van der Waals surface area contributed by atoms with Crippen molar-refractivity contribution in [1.29, 1.82) is 0 Å². The summed E-state index contributed by atoms with van der Waals surface area (Å²) in [6, 6.07) is 0. The Morgan fingerprint density at radius 1 is 1.35 bits per heavy atom. The van der Waals surface area contributed by atoms with E-state index >= 15 is 0 Å². The third-order valence-corrected chi connectivity index (χ3v) is 3.97. The zero-order valence-corrected chi connectivity index (χ0v) is 13.0. The smallest absolute Gasteiger partial charge is 0.264 e. The van der Waals surface area contributed by atoms with Gasteiger partial charge in [-0.05, 0) is 35.2 Å². The number of amides is 1. The zero-order valence-electron chi connectivity index (χ0n) is 10.0. The fourth-order valence-corrected chi connectivity index (χ4v) is 2.67. The van der Waals surface area contributed by atoms with Crippen LogP contribution in [0, 0.1) is 0 Å². The molecule has 0 aliphatic heterocycles. The van der Waals surface area contributed by atoms with Crippen molar-refractivity contribution in [3.63, 3.8) is 0 Å². The molecule has 0 aliphatic carbocycles. The Bertz CT molecular complexity index is 343. The van der Waals surface area contributed by atoms with Crippen LogP contribution in [0.15, 0.2) is 0 Å². The summed E-state index contributed by atoms with van der Waals surface area (Å²) in [6.45, 7) is 2.73. The van der Waals surface area contributed by atoms with Crippen LogP contribution >= 0.6 is 34.1 Å². The fraction of sp³-hybridized carbons (Fsp3) is 0.727. The van der Waals surface area contributed by atoms with Crippen LogP contribution in [-0.2, 0) is 6.42 Å². The minimum Gasteiger partial charge on any atom is -0.351 e. The van der Waals surface area contributed by atoms with E-state index in [0.717, 1.165) is 25.1 Å². The Morgan fingerprint density at radius 2 is 2.12 bits per heavy atom. The summed E-state index contributed by atoms with van der Waals surface area (Å²) in [6.07, 6.45) is 5.52. The molecule has 4 nitrogen and oxygen atoms in total. The summed E-state index contributed by atoms with van der Waals surface area (Å²) in [4.78, 5) is 12.5. The minimum absolute atomic E-state index is 0.0225. The first-order valence-corrected chi connectivity index (χ1v) is 8.24. The summed E-state index contributed by atoms with van der Waals surface area (Å²) < 4.78 is 5.03. The molecule has 1 aromatic rings. The van der Waals surface area contributed by atoms with E-state index in [2.05, 4.69) is 37.5 Å². The molecular formula is C11H18IN3OS. The van der Waals surface area contributed by atoms with Crippen molar-refractivity contribution in [2.75, 3.05) is 11.0 Å². The molecule has 0 saturated carbocycles. The van der Waals surface area contributed by atoms with Gasteiger partial charge in [0.25, 0.3) is 5.91 Å². The predicted octanol–water partition coefficient (Wildman–Crippen LogP) is 2.83. The summed E-state index contributed by atoms with van der Waals surface area (Å²) in [5.74, 6) is -0.0225. The summed E-state index contributed by atoms with van der Waals surface area (Å²) in [5.41, 5.74) is 0.803.